The fourth-order valence-electron chi connectivity index (χ4n) is 8.15. The maximum absolute atomic E-state index is 5.46. The molecule has 0 saturated carbocycles. The SMILES string of the molecule is CC1(C)c2cc(-c3ccc4c(c3)N=C(c3ccccc3)C(c3ccccc3)CC4)ccc2-c2ccc(-c3cccc4ccccc34)cc21. The number of fused-ring (bicyclic) bond motifs is 5. The van der Waals surface area contributed by atoms with Crippen LogP contribution in [0.15, 0.2) is 163 Å². The maximum atomic E-state index is 5.46. The molecular weight excluding hydrogens is 579 g/mol. The molecule has 0 radical (unpaired) electrons. The predicted molar refractivity (Wildman–Crippen MR) is 203 cm³/mol. The Morgan fingerprint density at radius 1 is 0.521 bits per heavy atom. The van der Waals surface area contributed by atoms with Crippen LogP contribution in [0.4, 0.5) is 5.69 Å². The number of hydrogen-bond donors (Lipinski definition) is 0. The van der Waals surface area contributed by atoms with E-state index in [0.717, 1.165) is 24.2 Å². The van der Waals surface area contributed by atoms with Crippen molar-refractivity contribution in [2.45, 2.75) is 38.0 Å². The molecule has 1 heterocycles. The number of rotatable bonds is 4. The Labute approximate surface area is 283 Å². The van der Waals surface area contributed by atoms with Crippen LogP contribution in [0.1, 0.15) is 54.0 Å². The molecule has 48 heavy (non-hydrogen) atoms. The fraction of sp³-hybridized carbons (Fsp3) is 0.128. The van der Waals surface area contributed by atoms with Gasteiger partial charge in [0.1, 0.15) is 0 Å². The Hall–Kier alpha value is -5.53. The van der Waals surface area contributed by atoms with Crippen molar-refractivity contribution in [1.82, 2.24) is 0 Å². The molecule has 0 amide bonds. The third kappa shape index (κ3) is 4.73. The van der Waals surface area contributed by atoms with Crippen molar-refractivity contribution in [3.8, 4) is 33.4 Å². The van der Waals surface area contributed by atoms with Crippen LogP contribution >= 0.6 is 0 Å². The molecule has 0 fully saturated rings. The first-order valence-electron chi connectivity index (χ1n) is 17.1. The number of hydrogen-bond acceptors (Lipinski definition) is 1. The third-order valence-corrected chi connectivity index (χ3v) is 10.7. The van der Waals surface area contributed by atoms with Gasteiger partial charge in [-0.3, -0.25) is 4.99 Å². The maximum Gasteiger partial charge on any atom is 0.0671 e. The summed E-state index contributed by atoms with van der Waals surface area (Å²) < 4.78 is 0. The van der Waals surface area contributed by atoms with Crippen LogP contribution in [-0.4, -0.2) is 5.71 Å². The summed E-state index contributed by atoms with van der Waals surface area (Å²) in [7, 11) is 0. The van der Waals surface area contributed by atoms with Crippen LogP contribution in [0.3, 0.4) is 0 Å². The standard InChI is InChI=1S/C47H37N/c1-47(2)43-28-35(23-26-41(43)42-27-24-37(29-44(42)47)39-19-11-17-31-14-9-10-18-38(31)39)36-21-20-33-22-25-40(32-12-5-3-6-13-32)46(48-45(33)30-36)34-15-7-4-8-16-34/h3-21,23-24,26-30,40H,22,25H2,1-2H3. The average Bonchev–Trinajstić information content (AvgIpc) is 3.24. The first-order chi connectivity index (χ1) is 23.5. The smallest absolute Gasteiger partial charge is 0.0671 e. The molecule has 1 atom stereocenters. The van der Waals surface area contributed by atoms with Gasteiger partial charge in [0.2, 0.25) is 0 Å². The summed E-state index contributed by atoms with van der Waals surface area (Å²) >= 11 is 0. The second-order valence-corrected chi connectivity index (χ2v) is 13.9. The van der Waals surface area contributed by atoms with Gasteiger partial charge in [0, 0.05) is 11.3 Å². The van der Waals surface area contributed by atoms with Gasteiger partial charge in [-0.05, 0) is 103 Å². The van der Waals surface area contributed by atoms with E-state index in [-0.39, 0.29) is 11.3 Å². The molecule has 1 unspecified atom stereocenters. The number of nitrogens with zero attached hydrogens (tertiary/aromatic N) is 1. The van der Waals surface area contributed by atoms with Crippen molar-refractivity contribution in [1.29, 1.82) is 0 Å². The average molecular weight is 616 g/mol. The second kappa shape index (κ2) is 11.3. The highest BCUT2D eigenvalue weighted by atomic mass is 14.8. The van der Waals surface area contributed by atoms with Crippen LogP contribution in [-0.2, 0) is 11.8 Å². The van der Waals surface area contributed by atoms with E-state index in [2.05, 4.69) is 172 Å². The Kier molecular flexibility index (Phi) is 6.76. The highest BCUT2D eigenvalue weighted by molar-refractivity contribution is 6.07. The minimum atomic E-state index is -0.117. The van der Waals surface area contributed by atoms with E-state index in [0.29, 0.717) is 0 Å². The summed E-state index contributed by atoms with van der Waals surface area (Å²) in [6.07, 6.45) is 2.04. The second-order valence-electron chi connectivity index (χ2n) is 13.9. The van der Waals surface area contributed by atoms with Gasteiger partial charge in [-0.15, -0.1) is 0 Å². The fourth-order valence-corrected chi connectivity index (χ4v) is 8.15. The van der Waals surface area contributed by atoms with Crippen molar-refractivity contribution in [2.24, 2.45) is 4.99 Å². The molecule has 1 heteroatoms. The Balaban J connectivity index is 1.11. The van der Waals surface area contributed by atoms with Gasteiger partial charge < -0.3 is 0 Å². The van der Waals surface area contributed by atoms with Crippen molar-refractivity contribution in [3.05, 3.63) is 186 Å². The molecule has 1 aliphatic heterocycles. The van der Waals surface area contributed by atoms with Gasteiger partial charge >= 0.3 is 0 Å². The summed E-state index contributed by atoms with van der Waals surface area (Å²) in [5, 5.41) is 2.58. The van der Waals surface area contributed by atoms with E-state index in [4.69, 9.17) is 4.99 Å². The van der Waals surface area contributed by atoms with Crippen LogP contribution in [0, 0.1) is 0 Å². The van der Waals surface area contributed by atoms with Crippen LogP contribution in [0.25, 0.3) is 44.2 Å². The highest BCUT2D eigenvalue weighted by Crippen LogP contribution is 2.51. The van der Waals surface area contributed by atoms with E-state index < -0.39 is 0 Å². The van der Waals surface area contributed by atoms with E-state index in [1.807, 2.05) is 0 Å². The van der Waals surface area contributed by atoms with E-state index in [1.165, 1.54) is 72.0 Å². The zero-order valence-corrected chi connectivity index (χ0v) is 27.4. The lowest BCUT2D eigenvalue weighted by Crippen LogP contribution is -2.15. The first-order valence-corrected chi connectivity index (χ1v) is 17.1. The lowest BCUT2D eigenvalue weighted by Gasteiger charge is -2.23. The lowest BCUT2D eigenvalue weighted by atomic mass is 9.80. The first kappa shape index (κ1) is 28.7. The molecule has 1 nitrogen and oxygen atoms in total. The van der Waals surface area contributed by atoms with Gasteiger partial charge in [-0.2, -0.15) is 0 Å². The highest BCUT2D eigenvalue weighted by Gasteiger charge is 2.36. The summed E-state index contributed by atoms with van der Waals surface area (Å²) in [5.41, 5.74) is 16.5. The molecule has 0 spiro atoms. The Bertz CT molecular complexity index is 2360. The van der Waals surface area contributed by atoms with Crippen LogP contribution in [0.5, 0.6) is 0 Å². The summed E-state index contributed by atoms with van der Waals surface area (Å²) in [5.74, 6) is 0.252. The molecule has 0 saturated heterocycles. The van der Waals surface area contributed by atoms with E-state index in [1.54, 1.807) is 0 Å². The number of benzene rings is 7. The molecule has 7 aromatic carbocycles. The Morgan fingerprint density at radius 2 is 1.15 bits per heavy atom. The zero-order chi connectivity index (χ0) is 32.2. The minimum absolute atomic E-state index is 0.117. The molecule has 0 bridgehead atoms. The van der Waals surface area contributed by atoms with Crippen molar-refractivity contribution in [2.75, 3.05) is 0 Å². The van der Waals surface area contributed by atoms with Crippen LogP contribution < -0.4 is 0 Å². The largest absolute Gasteiger partial charge is 0.252 e. The van der Waals surface area contributed by atoms with Gasteiger partial charge in [0.15, 0.2) is 0 Å². The van der Waals surface area contributed by atoms with Crippen LogP contribution in [0.2, 0.25) is 0 Å². The van der Waals surface area contributed by atoms with Gasteiger partial charge in [0.05, 0.1) is 11.4 Å². The van der Waals surface area contributed by atoms with Gasteiger partial charge in [-0.1, -0.05) is 153 Å². The normalized spacial score (nSPS) is 16.0. The Morgan fingerprint density at radius 3 is 1.94 bits per heavy atom. The summed E-state index contributed by atoms with van der Waals surface area (Å²) in [4.78, 5) is 5.46. The zero-order valence-electron chi connectivity index (χ0n) is 27.4. The van der Waals surface area contributed by atoms with Crippen molar-refractivity contribution >= 4 is 22.2 Å². The number of aryl methyl sites for hydroxylation is 1. The molecule has 2 aliphatic rings. The third-order valence-electron chi connectivity index (χ3n) is 10.7. The summed E-state index contributed by atoms with van der Waals surface area (Å²) in [6, 6.07) is 58.0. The molecule has 7 aromatic rings. The molecule has 1 aliphatic carbocycles. The van der Waals surface area contributed by atoms with E-state index >= 15 is 0 Å². The minimum Gasteiger partial charge on any atom is -0.252 e. The lowest BCUT2D eigenvalue weighted by molar-refractivity contribution is 0.661. The molecule has 230 valence electrons. The molecule has 9 rings (SSSR count). The quantitative estimate of drug-likeness (QED) is 0.187. The molecule has 0 N–H and O–H groups in total. The molecular formula is C47H37N. The van der Waals surface area contributed by atoms with Crippen molar-refractivity contribution < 1.29 is 0 Å². The predicted octanol–water partition coefficient (Wildman–Crippen LogP) is 12.3. The van der Waals surface area contributed by atoms with Gasteiger partial charge in [-0.25, -0.2) is 0 Å². The van der Waals surface area contributed by atoms with Crippen molar-refractivity contribution in [3.63, 3.8) is 0 Å². The summed E-state index contributed by atoms with van der Waals surface area (Å²) in [6.45, 7) is 4.76. The topological polar surface area (TPSA) is 12.4 Å². The number of aliphatic imine (C=N–C) groups is 1. The monoisotopic (exact) mass is 615 g/mol. The van der Waals surface area contributed by atoms with E-state index in [9.17, 15) is 0 Å². The van der Waals surface area contributed by atoms with Gasteiger partial charge in [0.25, 0.3) is 0 Å². The molecule has 0 aromatic heterocycles.